The highest BCUT2D eigenvalue weighted by Crippen LogP contribution is 2.22. The standard InChI is InChI=1S/C13H19FN2/c1-15-11-6-8-13(9-7-11)16-12-4-2-10(14)3-5-12/h2-5,11,13,15-16H,6-9H2,1H3. The van der Waals surface area contributed by atoms with Crippen LogP contribution in [0.15, 0.2) is 24.3 Å². The van der Waals surface area contributed by atoms with E-state index < -0.39 is 0 Å². The van der Waals surface area contributed by atoms with Crippen molar-refractivity contribution in [1.82, 2.24) is 5.32 Å². The largest absolute Gasteiger partial charge is 0.382 e. The van der Waals surface area contributed by atoms with Gasteiger partial charge in [-0.25, -0.2) is 4.39 Å². The van der Waals surface area contributed by atoms with Crippen LogP contribution in [-0.4, -0.2) is 19.1 Å². The van der Waals surface area contributed by atoms with Crippen LogP contribution >= 0.6 is 0 Å². The van der Waals surface area contributed by atoms with E-state index in [2.05, 4.69) is 10.6 Å². The van der Waals surface area contributed by atoms with Crippen molar-refractivity contribution in [2.24, 2.45) is 0 Å². The van der Waals surface area contributed by atoms with Gasteiger partial charge >= 0.3 is 0 Å². The van der Waals surface area contributed by atoms with Crippen LogP contribution in [0.4, 0.5) is 10.1 Å². The second-order valence-corrected chi connectivity index (χ2v) is 4.49. The van der Waals surface area contributed by atoms with E-state index in [1.54, 1.807) is 12.1 Å². The zero-order chi connectivity index (χ0) is 11.4. The van der Waals surface area contributed by atoms with Gasteiger partial charge in [0.2, 0.25) is 0 Å². The second kappa shape index (κ2) is 5.30. The average molecular weight is 222 g/mol. The summed E-state index contributed by atoms with van der Waals surface area (Å²) in [6.45, 7) is 0. The van der Waals surface area contributed by atoms with Crippen molar-refractivity contribution >= 4 is 5.69 Å². The third-order valence-corrected chi connectivity index (χ3v) is 3.35. The fourth-order valence-electron chi connectivity index (χ4n) is 2.31. The summed E-state index contributed by atoms with van der Waals surface area (Å²) < 4.78 is 12.7. The molecule has 0 aromatic heterocycles. The molecule has 0 saturated heterocycles. The van der Waals surface area contributed by atoms with Gasteiger partial charge in [-0.15, -0.1) is 0 Å². The Morgan fingerprint density at radius 2 is 1.56 bits per heavy atom. The Balaban J connectivity index is 1.84. The van der Waals surface area contributed by atoms with Gasteiger partial charge in [0.15, 0.2) is 0 Å². The molecule has 3 heteroatoms. The summed E-state index contributed by atoms with van der Waals surface area (Å²) in [5.41, 5.74) is 1.02. The van der Waals surface area contributed by atoms with Gasteiger partial charge in [0.05, 0.1) is 0 Å². The highest BCUT2D eigenvalue weighted by atomic mass is 19.1. The normalized spacial score (nSPS) is 25.4. The summed E-state index contributed by atoms with van der Waals surface area (Å²) in [4.78, 5) is 0. The minimum Gasteiger partial charge on any atom is -0.382 e. The first-order valence-electron chi connectivity index (χ1n) is 5.97. The average Bonchev–Trinajstić information content (AvgIpc) is 2.33. The minimum absolute atomic E-state index is 0.176. The molecule has 0 atom stereocenters. The molecular weight excluding hydrogens is 203 g/mol. The molecule has 0 spiro atoms. The topological polar surface area (TPSA) is 24.1 Å². The Labute approximate surface area is 96.2 Å². The molecule has 0 radical (unpaired) electrons. The monoisotopic (exact) mass is 222 g/mol. The lowest BCUT2D eigenvalue weighted by atomic mass is 9.91. The highest BCUT2D eigenvalue weighted by molar-refractivity contribution is 5.43. The van der Waals surface area contributed by atoms with Crippen LogP contribution in [0.1, 0.15) is 25.7 Å². The summed E-state index contributed by atoms with van der Waals surface area (Å²) in [6, 6.07) is 7.82. The van der Waals surface area contributed by atoms with Crippen molar-refractivity contribution < 1.29 is 4.39 Å². The number of nitrogens with one attached hydrogen (secondary N) is 2. The number of hydrogen-bond acceptors (Lipinski definition) is 2. The molecule has 88 valence electrons. The molecule has 2 nitrogen and oxygen atoms in total. The van der Waals surface area contributed by atoms with Crippen LogP contribution in [-0.2, 0) is 0 Å². The van der Waals surface area contributed by atoms with Crippen LogP contribution in [0.2, 0.25) is 0 Å². The molecule has 0 aliphatic heterocycles. The van der Waals surface area contributed by atoms with Crippen molar-refractivity contribution in [2.45, 2.75) is 37.8 Å². The summed E-state index contributed by atoms with van der Waals surface area (Å²) in [6.07, 6.45) is 4.80. The van der Waals surface area contributed by atoms with Gasteiger partial charge in [0.25, 0.3) is 0 Å². The smallest absolute Gasteiger partial charge is 0.123 e. The van der Waals surface area contributed by atoms with Gasteiger partial charge in [-0.2, -0.15) is 0 Å². The number of hydrogen-bond donors (Lipinski definition) is 2. The van der Waals surface area contributed by atoms with E-state index in [1.807, 2.05) is 7.05 Å². The highest BCUT2D eigenvalue weighted by Gasteiger charge is 2.19. The first-order chi connectivity index (χ1) is 7.78. The van der Waals surface area contributed by atoms with Crippen LogP contribution in [0.25, 0.3) is 0 Å². The van der Waals surface area contributed by atoms with E-state index in [1.165, 1.54) is 37.8 Å². The molecule has 1 aliphatic carbocycles. The zero-order valence-electron chi connectivity index (χ0n) is 9.67. The number of benzene rings is 1. The fraction of sp³-hybridized carbons (Fsp3) is 0.538. The second-order valence-electron chi connectivity index (χ2n) is 4.49. The summed E-state index contributed by atoms with van der Waals surface area (Å²) in [7, 11) is 2.03. The van der Waals surface area contributed by atoms with Gasteiger partial charge < -0.3 is 10.6 Å². The number of anilines is 1. The molecule has 0 amide bonds. The summed E-state index contributed by atoms with van der Waals surface area (Å²) in [5, 5.41) is 6.78. The SMILES string of the molecule is CNC1CCC(Nc2ccc(F)cc2)CC1. The predicted molar refractivity (Wildman–Crippen MR) is 65.1 cm³/mol. The quantitative estimate of drug-likeness (QED) is 0.821. The third-order valence-electron chi connectivity index (χ3n) is 3.35. The van der Waals surface area contributed by atoms with Gasteiger partial charge in [-0.05, 0) is 57.0 Å². The molecular formula is C13H19FN2. The maximum Gasteiger partial charge on any atom is 0.123 e. The molecule has 1 fully saturated rings. The van der Waals surface area contributed by atoms with E-state index in [0.717, 1.165) is 5.69 Å². The van der Waals surface area contributed by atoms with E-state index in [4.69, 9.17) is 0 Å². The summed E-state index contributed by atoms with van der Waals surface area (Å²) in [5.74, 6) is -0.176. The zero-order valence-corrected chi connectivity index (χ0v) is 9.67. The maximum absolute atomic E-state index is 12.7. The van der Waals surface area contributed by atoms with E-state index in [9.17, 15) is 4.39 Å². The van der Waals surface area contributed by atoms with Gasteiger partial charge in [-0.1, -0.05) is 0 Å². The van der Waals surface area contributed by atoms with Crippen LogP contribution in [0, 0.1) is 5.82 Å². The van der Waals surface area contributed by atoms with Crippen molar-refractivity contribution in [1.29, 1.82) is 0 Å². The van der Waals surface area contributed by atoms with Crippen LogP contribution in [0.3, 0.4) is 0 Å². The Kier molecular flexibility index (Phi) is 3.78. The Hall–Kier alpha value is -1.09. The van der Waals surface area contributed by atoms with E-state index >= 15 is 0 Å². The fourth-order valence-corrected chi connectivity index (χ4v) is 2.31. The van der Waals surface area contributed by atoms with Crippen LogP contribution < -0.4 is 10.6 Å². The van der Waals surface area contributed by atoms with Gasteiger partial charge in [0, 0.05) is 17.8 Å². The first kappa shape index (κ1) is 11.4. The molecule has 0 heterocycles. The Morgan fingerprint density at radius 3 is 2.12 bits per heavy atom. The molecule has 1 aliphatic rings. The van der Waals surface area contributed by atoms with Gasteiger partial charge in [0.1, 0.15) is 5.82 Å². The number of rotatable bonds is 3. The first-order valence-corrected chi connectivity index (χ1v) is 5.97. The van der Waals surface area contributed by atoms with Crippen molar-refractivity contribution in [3.8, 4) is 0 Å². The molecule has 1 saturated carbocycles. The lowest BCUT2D eigenvalue weighted by Gasteiger charge is -2.29. The van der Waals surface area contributed by atoms with Crippen molar-refractivity contribution in [3.63, 3.8) is 0 Å². The lowest BCUT2D eigenvalue weighted by Crippen LogP contribution is -2.34. The Bertz CT molecular complexity index is 315. The van der Waals surface area contributed by atoms with E-state index in [0.29, 0.717) is 12.1 Å². The molecule has 2 rings (SSSR count). The molecule has 1 aromatic carbocycles. The van der Waals surface area contributed by atoms with Crippen molar-refractivity contribution in [3.05, 3.63) is 30.1 Å². The predicted octanol–water partition coefficient (Wildman–Crippen LogP) is 2.77. The minimum atomic E-state index is -0.176. The molecule has 0 bridgehead atoms. The van der Waals surface area contributed by atoms with Crippen molar-refractivity contribution in [2.75, 3.05) is 12.4 Å². The van der Waals surface area contributed by atoms with E-state index in [-0.39, 0.29) is 5.82 Å². The summed E-state index contributed by atoms with van der Waals surface area (Å²) >= 11 is 0. The number of halogens is 1. The third kappa shape index (κ3) is 2.95. The lowest BCUT2D eigenvalue weighted by molar-refractivity contribution is 0.371. The molecule has 2 N–H and O–H groups in total. The molecule has 16 heavy (non-hydrogen) atoms. The molecule has 1 aromatic rings. The Morgan fingerprint density at radius 1 is 1.00 bits per heavy atom. The van der Waals surface area contributed by atoms with Gasteiger partial charge in [-0.3, -0.25) is 0 Å². The van der Waals surface area contributed by atoms with Crippen LogP contribution in [0.5, 0.6) is 0 Å². The molecule has 0 unspecified atom stereocenters. The maximum atomic E-state index is 12.7.